The number of halogens is 1. The third-order valence-corrected chi connectivity index (χ3v) is 3.80. The molecule has 3 N–H and O–H groups in total. The van der Waals surface area contributed by atoms with Crippen LogP contribution in [0.2, 0.25) is 5.02 Å². The number of hydrogen-bond acceptors (Lipinski definition) is 4. The molecule has 1 fully saturated rings. The van der Waals surface area contributed by atoms with Crippen molar-refractivity contribution in [3.8, 4) is 0 Å². The molecule has 1 aliphatic carbocycles. The standard InChI is InChI=1S/C12H18ClN3O2/c1-8-3-2-4-12(18,5-8)6-14-10-9(13)11(17)16-7-15-10/h7-8,18H,2-6H2,1H3,(H2,14,15,16,17). The minimum Gasteiger partial charge on any atom is -0.388 e. The molecule has 0 bridgehead atoms. The summed E-state index contributed by atoms with van der Waals surface area (Å²) in [7, 11) is 0. The van der Waals surface area contributed by atoms with Gasteiger partial charge < -0.3 is 15.4 Å². The maximum absolute atomic E-state index is 11.3. The lowest BCUT2D eigenvalue weighted by Crippen LogP contribution is -2.41. The molecule has 2 unspecified atom stereocenters. The van der Waals surface area contributed by atoms with Crippen LogP contribution in [-0.2, 0) is 0 Å². The number of hydrogen-bond donors (Lipinski definition) is 3. The highest BCUT2D eigenvalue weighted by Crippen LogP contribution is 2.32. The van der Waals surface area contributed by atoms with Crippen molar-refractivity contribution in [3.63, 3.8) is 0 Å². The van der Waals surface area contributed by atoms with E-state index in [1.54, 1.807) is 0 Å². The van der Waals surface area contributed by atoms with E-state index in [4.69, 9.17) is 11.6 Å². The molecule has 0 spiro atoms. The van der Waals surface area contributed by atoms with Crippen molar-refractivity contribution in [2.75, 3.05) is 11.9 Å². The Hall–Kier alpha value is -1.07. The van der Waals surface area contributed by atoms with Crippen molar-refractivity contribution in [1.29, 1.82) is 0 Å². The molecule has 0 radical (unpaired) electrons. The molecule has 2 rings (SSSR count). The molecule has 1 aromatic heterocycles. The zero-order chi connectivity index (χ0) is 13.2. The number of rotatable bonds is 3. The Morgan fingerprint density at radius 1 is 1.72 bits per heavy atom. The average Bonchev–Trinajstić information content (AvgIpc) is 2.31. The summed E-state index contributed by atoms with van der Waals surface area (Å²) in [6, 6.07) is 0. The Morgan fingerprint density at radius 3 is 3.22 bits per heavy atom. The second-order valence-corrected chi connectivity index (χ2v) is 5.55. The second-order valence-electron chi connectivity index (χ2n) is 5.17. The van der Waals surface area contributed by atoms with Gasteiger partial charge in [0.15, 0.2) is 5.82 Å². The first-order valence-electron chi connectivity index (χ1n) is 6.20. The van der Waals surface area contributed by atoms with E-state index in [-0.39, 0.29) is 10.6 Å². The van der Waals surface area contributed by atoms with Gasteiger partial charge in [-0.05, 0) is 18.8 Å². The van der Waals surface area contributed by atoms with Gasteiger partial charge in [0.05, 0.1) is 11.9 Å². The summed E-state index contributed by atoms with van der Waals surface area (Å²) in [4.78, 5) is 17.7. The van der Waals surface area contributed by atoms with Crippen LogP contribution < -0.4 is 10.9 Å². The number of nitrogens with zero attached hydrogens (tertiary/aromatic N) is 1. The van der Waals surface area contributed by atoms with Gasteiger partial charge in [0.1, 0.15) is 5.02 Å². The quantitative estimate of drug-likeness (QED) is 0.783. The summed E-state index contributed by atoms with van der Waals surface area (Å²) >= 11 is 5.83. The monoisotopic (exact) mass is 271 g/mol. The van der Waals surface area contributed by atoms with Gasteiger partial charge in [-0.25, -0.2) is 4.98 Å². The van der Waals surface area contributed by atoms with Gasteiger partial charge in [-0.15, -0.1) is 0 Å². The van der Waals surface area contributed by atoms with E-state index in [0.29, 0.717) is 18.3 Å². The number of aliphatic hydroxyl groups is 1. The van der Waals surface area contributed by atoms with Gasteiger partial charge in [-0.3, -0.25) is 4.79 Å². The van der Waals surface area contributed by atoms with Crippen LogP contribution in [0.15, 0.2) is 11.1 Å². The van der Waals surface area contributed by atoms with Crippen LogP contribution in [0.25, 0.3) is 0 Å². The predicted molar refractivity (Wildman–Crippen MR) is 70.9 cm³/mol. The molecule has 1 aromatic rings. The van der Waals surface area contributed by atoms with Crippen molar-refractivity contribution >= 4 is 17.4 Å². The molecular formula is C12H18ClN3O2. The lowest BCUT2D eigenvalue weighted by atomic mass is 9.79. The Labute approximate surface area is 111 Å². The highest BCUT2D eigenvalue weighted by molar-refractivity contribution is 6.32. The molecule has 18 heavy (non-hydrogen) atoms. The number of nitrogens with one attached hydrogen (secondary N) is 2. The Kier molecular flexibility index (Phi) is 3.92. The molecule has 100 valence electrons. The van der Waals surface area contributed by atoms with Crippen molar-refractivity contribution in [1.82, 2.24) is 9.97 Å². The van der Waals surface area contributed by atoms with Gasteiger partial charge in [-0.2, -0.15) is 0 Å². The first kappa shape index (κ1) is 13.4. The molecule has 1 saturated carbocycles. The van der Waals surface area contributed by atoms with Crippen LogP contribution in [0, 0.1) is 5.92 Å². The van der Waals surface area contributed by atoms with Crippen LogP contribution in [-0.4, -0.2) is 27.2 Å². The van der Waals surface area contributed by atoms with Crippen LogP contribution in [0.4, 0.5) is 5.82 Å². The molecule has 2 atom stereocenters. The molecule has 5 nitrogen and oxygen atoms in total. The van der Waals surface area contributed by atoms with Crippen molar-refractivity contribution in [3.05, 3.63) is 21.7 Å². The van der Waals surface area contributed by atoms with Crippen LogP contribution in [0.5, 0.6) is 0 Å². The van der Waals surface area contributed by atoms with Gasteiger partial charge in [0.2, 0.25) is 0 Å². The molecule has 0 amide bonds. The number of aromatic amines is 1. The molecule has 0 aromatic carbocycles. The minimum absolute atomic E-state index is 0.0324. The number of anilines is 1. The van der Waals surface area contributed by atoms with E-state index in [9.17, 15) is 9.90 Å². The summed E-state index contributed by atoms with van der Waals surface area (Å²) in [5.74, 6) is 0.847. The topological polar surface area (TPSA) is 78.0 Å². The van der Waals surface area contributed by atoms with E-state index in [1.807, 2.05) is 0 Å². The maximum Gasteiger partial charge on any atom is 0.271 e. The van der Waals surface area contributed by atoms with Gasteiger partial charge in [0, 0.05) is 6.54 Å². The van der Waals surface area contributed by atoms with E-state index in [1.165, 1.54) is 6.33 Å². The summed E-state index contributed by atoms with van der Waals surface area (Å²) in [5.41, 5.74) is -1.11. The molecule has 6 heteroatoms. The molecule has 1 aliphatic rings. The Balaban J connectivity index is 2.02. The molecule has 1 heterocycles. The smallest absolute Gasteiger partial charge is 0.271 e. The zero-order valence-electron chi connectivity index (χ0n) is 10.4. The van der Waals surface area contributed by atoms with Crippen LogP contribution >= 0.6 is 11.6 Å². The van der Waals surface area contributed by atoms with E-state index in [2.05, 4.69) is 22.2 Å². The van der Waals surface area contributed by atoms with E-state index >= 15 is 0 Å². The lowest BCUT2D eigenvalue weighted by molar-refractivity contribution is -0.000827. The fourth-order valence-corrected chi connectivity index (χ4v) is 2.72. The zero-order valence-corrected chi connectivity index (χ0v) is 11.1. The van der Waals surface area contributed by atoms with Crippen molar-refractivity contribution in [2.24, 2.45) is 5.92 Å². The minimum atomic E-state index is -0.731. The lowest BCUT2D eigenvalue weighted by Gasteiger charge is -2.35. The first-order chi connectivity index (χ1) is 8.50. The summed E-state index contributed by atoms with van der Waals surface area (Å²) in [6.45, 7) is 2.51. The largest absolute Gasteiger partial charge is 0.388 e. The van der Waals surface area contributed by atoms with Gasteiger partial charge >= 0.3 is 0 Å². The van der Waals surface area contributed by atoms with E-state index < -0.39 is 5.60 Å². The SMILES string of the molecule is CC1CCCC(O)(CNc2nc[nH]c(=O)c2Cl)C1. The average molecular weight is 272 g/mol. The first-order valence-corrected chi connectivity index (χ1v) is 6.57. The van der Waals surface area contributed by atoms with Crippen molar-refractivity contribution in [2.45, 2.75) is 38.2 Å². The van der Waals surface area contributed by atoms with Gasteiger partial charge in [0.25, 0.3) is 5.56 Å². The maximum atomic E-state index is 11.3. The number of H-pyrrole nitrogens is 1. The van der Waals surface area contributed by atoms with Gasteiger partial charge in [-0.1, -0.05) is 31.4 Å². The number of aromatic nitrogens is 2. The molecule has 0 aliphatic heterocycles. The third-order valence-electron chi connectivity index (χ3n) is 3.45. The Morgan fingerprint density at radius 2 is 2.50 bits per heavy atom. The molecule has 0 saturated heterocycles. The Bertz CT molecular complexity index is 477. The normalized spacial score (nSPS) is 28.1. The summed E-state index contributed by atoms with van der Waals surface area (Å²) < 4.78 is 0. The van der Waals surface area contributed by atoms with E-state index in [0.717, 1.165) is 25.7 Å². The second kappa shape index (κ2) is 5.28. The highest BCUT2D eigenvalue weighted by atomic mass is 35.5. The summed E-state index contributed by atoms with van der Waals surface area (Å²) in [6.07, 6.45) is 5.01. The van der Waals surface area contributed by atoms with Crippen LogP contribution in [0.3, 0.4) is 0 Å². The molecular weight excluding hydrogens is 254 g/mol. The van der Waals surface area contributed by atoms with Crippen molar-refractivity contribution < 1.29 is 5.11 Å². The predicted octanol–water partition coefficient (Wildman–Crippen LogP) is 1.78. The summed E-state index contributed by atoms with van der Waals surface area (Å²) in [5, 5.41) is 13.4. The third kappa shape index (κ3) is 3.03. The van der Waals surface area contributed by atoms with Crippen LogP contribution in [0.1, 0.15) is 32.6 Å². The fraction of sp³-hybridized carbons (Fsp3) is 0.667. The highest BCUT2D eigenvalue weighted by Gasteiger charge is 2.32. The fourth-order valence-electron chi connectivity index (χ4n) is 2.55.